The molecule has 1 amide bonds. The third-order valence-corrected chi connectivity index (χ3v) is 3.45. The third-order valence-electron chi connectivity index (χ3n) is 2.82. The molecule has 0 aliphatic heterocycles. The molecule has 0 fully saturated rings. The van der Waals surface area contributed by atoms with Crippen molar-refractivity contribution in [2.75, 3.05) is 25.0 Å². The van der Waals surface area contributed by atoms with Crippen LogP contribution >= 0.6 is 15.9 Å². The molecule has 1 rings (SSSR count). The van der Waals surface area contributed by atoms with E-state index in [4.69, 9.17) is 0 Å². The van der Waals surface area contributed by atoms with Gasteiger partial charge in [0.25, 0.3) is 0 Å². The summed E-state index contributed by atoms with van der Waals surface area (Å²) >= 11 is 3.47. The van der Waals surface area contributed by atoms with Gasteiger partial charge in [-0.2, -0.15) is 0 Å². The molecule has 1 aromatic carbocycles. The first-order chi connectivity index (χ1) is 8.95. The predicted octanol–water partition coefficient (Wildman–Crippen LogP) is 2.46. The summed E-state index contributed by atoms with van der Waals surface area (Å²) in [4.78, 5) is 13.5. The molecule has 0 saturated heterocycles. The van der Waals surface area contributed by atoms with Gasteiger partial charge in [-0.15, -0.1) is 0 Å². The number of likely N-dealkylation sites (N-methyl/N-ethyl adjacent to an activating group) is 1. The SMILES string of the molecule is CCCNC(=O)CN(C)c1ccc([C@H](C)O)cc1Br. The summed E-state index contributed by atoms with van der Waals surface area (Å²) < 4.78 is 0.872. The number of nitrogens with zero attached hydrogens (tertiary/aromatic N) is 1. The molecule has 2 N–H and O–H groups in total. The summed E-state index contributed by atoms with van der Waals surface area (Å²) in [6.07, 6.45) is 0.436. The molecule has 0 saturated carbocycles. The zero-order valence-electron chi connectivity index (χ0n) is 11.6. The maximum Gasteiger partial charge on any atom is 0.239 e. The summed E-state index contributed by atoms with van der Waals surface area (Å²) in [7, 11) is 1.87. The van der Waals surface area contributed by atoms with Crippen molar-refractivity contribution in [2.24, 2.45) is 0 Å². The molecule has 1 atom stereocenters. The number of aliphatic hydroxyl groups excluding tert-OH is 1. The predicted molar refractivity (Wildman–Crippen MR) is 81.3 cm³/mol. The molecule has 106 valence electrons. The zero-order chi connectivity index (χ0) is 14.4. The van der Waals surface area contributed by atoms with Crippen LogP contribution in [0, 0.1) is 0 Å². The van der Waals surface area contributed by atoms with E-state index in [-0.39, 0.29) is 5.91 Å². The summed E-state index contributed by atoms with van der Waals surface area (Å²) in [6, 6.07) is 5.64. The quantitative estimate of drug-likeness (QED) is 0.843. The fraction of sp³-hybridized carbons (Fsp3) is 0.500. The number of anilines is 1. The van der Waals surface area contributed by atoms with Crippen LogP contribution in [0.4, 0.5) is 5.69 Å². The summed E-state index contributed by atoms with van der Waals surface area (Å²) in [5, 5.41) is 12.4. The summed E-state index contributed by atoms with van der Waals surface area (Å²) in [5.74, 6) is 0.0100. The maximum atomic E-state index is 11.7. The van der Waals surface area contributed by atoms with Crippen LogP contribution in [0.15, 0.2) is 22.7 Å². The first-order valence-corrected chi connectivity index (χ1v) is 7.20. The van der Waals surface area contributed by atoms with E-state index in [0.29, 0.717) is 13.1 Å². The van der Waals surface area contributed by atoms with Crippen LogP contribution < -0.4 is 10.2 Å². The molecule has 5 heteroatoms. The van der Waals surface area contributed by atoms with E-state index >= 15 is 0 Å². The average Bonchev–Trinajstić information content (AvgIpc) is 2.35. The fourth-order valence-electron chi connectivity index (χ4n) is 1.71. The summed E-state index contributed by atoms with van der Waals surface area (Å²) in [6.45, 7) is 4.76. The molecule has 0 aromatic heterocycles. The van der Waals surface area contributed by atoms with Crippen LogP contribution in [-0.2, 0) is 4.79 Å². The van der Waals surface area contributed by atoms with E-state index < -0.39 is 6.10 Å². The lowest BCUT2D eigenvalue weighted by Gasteiger charge is -2.21. The van der Waals surface area contributed by atoms with Gasteiger partial charge in [-0.3, -0.25) is 4.79 Å². The van der Waals surface area contributed by atoms with Gasteiger partial charge in [0.2, 0.25) is 5.91 Å². The molecule has 0 heterocycles. The van der Waals surface area contributed by atoms with Crippen molar-refractivity contribution in [3.8, 4) is 0 Å². The number of amides is 1. The Hall–Kier alpha value is -1.07. The maximum absolute atomic E-state index is 11.7. The number of hydrogen-bond donors (Lipinski definition) is 2. The summed E-state index contributed by atoms with van der Waals surface area (Å²) in [5.41, 5.74) is 1.77. The Kier molecular flexibility index (Phi) is 6.31. The van der Waals surface area contributed by atoms with Gasteiger partial charge in [-0.1, -0.05) is 13.0 Å². The van der Waals surface area contributed by atoms with Crippen molar-refractivity contribution in [1.82, 2.24) is 5.32 Å². The molecule has 0 unspecified atom stereocenters. The number of rotatable bonds is 6. The number of carbonyl (C=O) groups excluding carboxylic acids is 1. The number of hydrogen-bond acceptors (Lipinski definition) is 3. The Balaban J connectivity index is 2.71. The van der Waals surface area contributed by atoms with Crippen molar-refractivity contribution >= 4 is 27.5 Å². The zero-order valence-corrected chi connectivity index (χ0v) is 13.2. The van der Waals surface area contributed by atoms with Crippen molar-refractivity contribution in [3.63, 3.8) is 0 Å². The number of nitrogens with one attached hydrogen (secondary N) is 1. The van der Waals surface area contributed by atoms with Crippen LogP contribution in [0.25, 0.3) is 0 Å². The van der Waals surface area contributed by atoms with Gasteiger partial charge in [0.15, 0.2) is 0 Å². The molecule has 0 spiro atoms. The first kappa shape index (κ1) is 16.0. The monoisotopic (exact) mass is 328 g/mol. The molecular weight excluding hydrogens is 308 g/mol. The Bertz CT molecular complexity index is 435. The molecule has 0 radical (unpaired) electrons. The van der Waals surface area contributed by atoms with E-state index in [1.165, 1.54) is 0 Å². The third kappa shape index (κ3) is 4.84. The molecule has 0 aliphatic rings. The second-order valence-corrected chi connectivity index (χ2v) is 5.45. The van der Waals surface area contributed by atoms with Gasteiger partial charge in [-0.25, -0.2) is 0 Å². The van der Waals surface area contributed by atoms with Gasteiger partial charge in [-0.05, 0) is 47.0 Å². The van der Waals surface area contributed by atoms with Crippen LogP contribution in [-0.4, -0.2) is 31.2 Å². The minimum Gasteiger partial charge on any atom is -0.389 e. The number of carbonyl (C=O) groups is 1. The lowest BCUT2D eigenvalue weighted by molar-refractivity contribution is -0.119. The van der Waals surface area contributed by atoms with Gasteiger partial charge < -0.3 is 15.3 Å². The molecule has 0 bridgehead atoms. The molecular formula is C14H21BrN2O2. The lowest BCUT2D eigenvalue weighted by Crippen LogP contribution is -2.35. The smallest absolute Gasteiger partial charge is 0.239 e. The van der Waals surface area contributed by atoms with Crippen LogP contribution in [0.5, 0.6) is 0 Å². The molecule has 19 heavy (non-hydrogen) atoms. The van der Waals surface area contributed by atoms with E-state index in [1.54, 1.807) is 6.92 Å². The number of benzene rings is 1. The Morgan fingerprint density at radius 2 is 2.21 bits per heavy atom. The van der Waals surface area contributed by atoms with Crippen molar-refractivity contribution < 1.29 is 9.90 Å². The van der Waals surface area contributed by atoms with Crippen molar-refractivity contribution in [3.05, 3.63) is 28.2 Å². The lowest BCUT2D eigenvalue weighted by atomic mass is 10.1. The highest BCUT2D eigenvalue weighted by Gasteiger charge is 2.11. The highest BCUT2D eigenvalue weighted by molar-refractivity contribution is 9.10. The largest absolute Gasteiger partial charge is 0.389 e. The average molecular weight is 329 g/mol. The fourth-order valence-corrected chi connectivity index (χ4v) is 2.41. The van der Waals surface area contributed by atoms with Gasteiger partial charge in [0.05, 0.1) is 18.3 Å². The Morgan fingerprint density at radius 1 is 1.53 bits per heavy atom. The second kappa shape index (κ2) is 7.50. The van der Waals surface area contributed by atoms with Crippen LogP contribution in [0.1, 0.15) is 31.9 Å². The normalized spacial score (nSPS) is 12.1. The van der Waals surface area contributed by atoms with E-state index in [0.717, 1.165) is 22.1 Å². The first-order valence-electron chi connectivity index (χ1n) is 6.41. The van der Waals surface area contributed by atoms with Crippen molar-refractivity contribution in [2.45, 2.75) is 26.4 Å². The van der Waals surface area contributed by atoms with E-state index in [9.17, 15) is 9.90 Å². The highest BCUT2D eigenvalue weighted by Crippen LogP contribution is 2.28. The number of aliphatic hydroxyl groups is 1. The van der Waals surface area contributed by atoms with E-state index in [1.807, 2.05) is 37.1 Å². The highest BCUT2D eigenvalue weighted by atomic mass is 79.9. The van der Waals surface area contributed by atoms with Crippen LogP contribution in [0.2, 0.25) is 0 Å². The Morgan fingerprint density at radius 3 is 2.74 bits per heavy atom. The van der Waals surface area contributed by atoms with Crippen LogP contribution in [0.3, 0.4) is 0 Å². The minimum atomic E-state index is -0.497. The van der Waals surface area contributed by atoms with E-state index in [2.05, 4.69) is 21.2 Å². The molecule has 1 aromatic rings. The molecule has 0 aliphatic carbocycles. The standard InChI is InChI=1S/C14H21BrN2O2/c1-4-7-16-14(19)9-17(3)13-6-5-11(10(2)18)8-12(13)15/h5-6,8,10,18H,4,7,9H2,1-3H3,(H,16,19)/t10-/m0/s1. The Labute approximate surface area is 122 Å². The van der Waals surface area contributed by atoms with Gasteiger partial charge in [0, 0.05) is 18.1 Å². The topological polar surface area (TPSA) is 52.6 Å². The minimum absolute atomic E-state index is 0.0100. The van der Waals surface area contributed by atoms with Gasteiger partial charge in [0.1, 0.15) is 0 Å². The van der Waals surface area contributed by atoms with Crippen molar-refractivity contribution in [1.29, 1.82) is 0 Å². The second-order valence-electron chi connectivity index (χ2n) is 4.59. The van der Waals surface area contributed by atoms with Gasteiger partial charge >= 0.3 is 0 Å². The number of halogens is 1. The molecule has 4 nitrogen and oxygen atoms in total.